The molecular formula is C33H37F3. The lowest BCUT2D eigenvalue weighted by atomic mass is 9.77. The molecule has 0 unspecified atom stereocenters. The maximum atomic E-state index is 14.9. The van der Waals surface area contributed by atoms with E-state index in [2.05, 4.69) is 30.8 Å². The highest BCUT2D eigenvalue weighted by Crippen LogP contribution is 2.37. The van der Waals surface area contributed by atoms with E-state index in [4.69, 9.17) is 0 Å². The fourth-order valence-corrected chi connectivity index (χ4v) is 5.58. The van der Waals surface area contributed by atoms with Gasteiger partial charge in [0, 0.05) is 11.1 Å². The summed E-state index contributed by atoms with van der Waals surface area (Å²) in [5, 5.41) is 0. The van der Waals surface area contributed by atoms with Gasteiger partial charge in [-0.15, -0.1) is 6.58 Å². The first kappa shape index (κ1) is 26.3. The summed E-state index contributed by atoms with van der Waals surface area (Å²) in [6.45, 7) is 5.75. The Morgan fingerprint density at radius 3 is 2.11 bits per heavy atom. The van der Waals surface area contributed by atoms with Crippen LogP contribution in [0.1, 0.15) is 80.0 Å². The number of allylic oxidation sites excluding steroid dienone is 1. The van der Waals surface area contributed by atoms with Crippen molar-refractivity contribution in [2.24, 2.45) is 5.92 Å². The molecule has 4 rings (SSSR count). The minimum Gasteiger partial charge on any atom is -0.206 e. The number of halogens is 3. The number of aryl methyl sites for hydroxylation is 3. The zero-order valence-corrected chi connectivity index (χ0v) is 21.3. The molecule has 1 aliphatic carbocycles. The number of hydrogen-bond donors (Lipinski definition) is 0. The van der Waals surface area contributed by atoms with E-state index < -0.39 is 17.5 Å². The maximum Gasteiger partial charge on any atom is 0.167 e. The van der Waals surface area contributed by atoms with Gasteiger partial charge in [-0.3, -0.25) is 0 Å². The van der Waals surface area contributed by atoms with Crippen LogP contribution in [0.15, 0.2) is 67.3 Å². The summed E-state index contributed by atoms with van der Waals surface area (Å²) in [5.41, 5.74) is 3.90. The van der Waals surface area contributed by atoms with E-state index >= 15 is 0 Å². The number of hydrogen-bond acceptors (Lipinski definition) is 0. The molecule has 3 aromatic rings. The summed E-state index contributed by atoms with van der Waals surface area (Å²) in [6.07, 6.45) is 12.2. The first-order valence-electron chi connectivity index (χ1n) is 13.5. The lowest BCUT2D eigenvalue weighted by molar-refractivity contribution is 0.312. The van der Waals surface area contributed by atoms with Crippen LogP contribution < -0.4 is 0 Å². The predicted molar refractivity (Wildman–Crippen MR) is 144 cm³/mol. The van der Waals surface area contributed by atoms with Crippen molar-refractivity contribution in [3.63, 3.8) is 0 Å². The van der Waals surface area contributed by atoms with Crippen molar-refractivity contribution in [3.8, 4) is 11.1 Å². The molecule has 0 nitrogen and oxygen atoms in total. The van der Waals surface area contributed by atoms with E-state index in [0.29, 0.717) is 24.3 Å². The molecule has 0 amide bonds. The van der Waals surface area contributed by atoms with Gasteiger partial charge in [0.25, 0.3) is 0 Å². The van der Waals surface area contributed by atoms with Crippen molar-refractivity contribution < 1.29 is 13.2 Å². The van der Waals surface area contributed by atoms with Crippen LogP contribution in [0.25, 0.3) is 11.1 Å². The van der Waals surface area contributed by atoms with E-state index in [1.54, 1.807) is 12.1 Å². The van der Waals surface area contributed by atoms with E-state index in [1.165, 1.54) is 55.4 Å². The minimum absolute atomic E-state index is 0.0262. The van der Waals surface area contributed by atoms with Gasteiger partial charge in [-0.05, 0) is 97.9 Å². The van der Waals surface area contributed by atoms with Gasteiger partial charge in [-0.2, -0.15) is 0 Å². The van der Waals surface area contributed by atoms with Crippen LogP contribution in [-0.4, -0.2) is 0 Å². The molecule has 3 aromatic carbocycles. The minimum atomic E-state index is -0.974. The molecule has 0 heterocycles. The van der Waals surface area contributed by atoms with Crippen molar-refractivity contribution in [1.82, 2.24) is 0 Å². The Kier molecular flexibility index (Phi) is 9.07. The summed E-state index contributed by atoms with van der Waals surface area (Å²) < 4.78 is 43.9. The average Bonchev–Trinajstić information content (AvgIpc) is 2.90. The Bertz CT molecular complexity index is 1150. The standard InChI is InChI=1S/C33H37F3/c1-3-5-7-23-10-15-26(16-11-23)27-17-12-24(13-18-27)8-9-25-14-20-29(31(34)22-25)30-21-19-28(6-4-2)32(35)33(30)36/h3,12-14,17-23,26H,1,4-11,15-16H2,2H3. The third-order valence-corrected chi connectivity index (χ3v) is 7.78. The van der Waals surface area contributed by atoms with Gasteiger partial charge < -0.3 is 0 Å². The molecule has 190 valence electrons. The maximum absolute atomic E-state index is 14.9. The third-order valence-electron chi connectivity index (χ3n) is 7.78. The van der Waals surface area contributed by atoms with Crippen molar-refractivity contribution >= 4 is 0 Å². The molecule has 0 saturated heterocycles. The molecule has 1 fully saturated rings. The second-order valence-corrected chi connectivity index (χ2v) is 10.3. The Hall–Kier alpha value is -2.81. The smallest absolute Gasteiger partial charge is 0.167 e. The topological polar surface area (TPSA) is 0 Å². The molecule has 3 heteroatoms. The van der Waals surface area contributed by atoms with Crippen molar-refractivity contribution in [2.45, 2.75) is 77.0 Å². The summed E-state index contributed by atoms with van der Waals surface area (Å²) >= 11 is 0. The molecular weight excluding hydrogens is 453 g/mol. The lowest BCUT2D eigenvalue weighted by Crippen LogP contribution is -2.13. The molecule has 0 radical (unpaired) electrons. The van der Waals surface area contributed by atoms with Gasteiger partial charge in [-0.25, -0.2) is 13.2 Å². The second-order valence-electron chi connectivity index (χ2n) is 10.3. The monoisotopic (exact) mass is 490 g/mol. The summed E-state index contributed by atoms with van der Waals surface area (Å²) in [4.78, 5) is 0. The van der Waals surface area contributed by atoms with Crippen LogP contribution in [0.3, 0.4) is 0 Å². The highest BCUT2D eigenvalue weighted by molar-refractivity contribution is 5.66. The van der Waals surface area contributed by atoms with Crippen LogP contribution >= 0.6 is 0 Å². The first-order valence-corrected chi connectivity index (χ1v) is 13.5. The molecule has 1 saturated carbocycles. The number of rotatable bonds is 10. The van der Waals surface area contributed by atoms with E-state index in [9.17, 15) is 13.2 Å². The zero-order chi connectivity index (χ0) is 25.5. The largest absolute Gasteiger partial charge is 0.206 e. The summed E-state index contributed by atoms with van der Waals surface area (Å²) in [5.74, 6) is -0.865. The SMILES string of the molecule is C=CCCC1CCC(c2ccc(CCc3ccc(-c4ccc(CCC)c(F)c4F)c(F)c3)cc2)CC1. The van der Waals surface area contributed by atoms with Crippen LogP contribution in [0.2, 0.25) is 0 Å². The first-order chi connectivity index (χ1) is 17.5. The van der Waals surface area contributed by atoms with Crippen LogP contribution in [-0.2, 0) is 19.3 Å². The van der Waals surface area contributed by atoms with Crippen LogP contribution in [0.5, 0.6) is 0 Å². The summed E-state index contributed by atoms with van der Waals surface area (Å²) in [7, 11) is 0. The Morgan fingerprint density at radius 2 is 1.44 bits per heavy atom. The van der Waals surface area contributed by atoms with Gasteiger partial charge in [0.2, 0.25) is 0 Å². The van der Waals surface area contributed by atoms with Gasteiger partial charge in [-0.1, -0.05) is 68.0 Å². The quantitative estimate of drug-likeness (QED) is 0.248. The van der Waals surface area contributed by atoms with E-state index in [0.717, 1.165) is 30.7 Å². The molecule has 36 heavy (non-hydrogen) atoms. The van der Waals surface area contributed by atoms with E-state index in [1.807, 2.05) is 19.1 Å². The Balaban J connectivity index is 1.35. The van der Waals surface area contributed by atoms with Gasteiger partial charge >= 0.3 is 0 Å². The normalized spacial score (nSPS) is 17.8. The van der Waals surface area contributed by atoms with Crippen LogP contribution in [0.4, 0.5) is 13.2 Å². The molecule has 1 aliphatic rings. The fourth-order valence-electron chi connectivity index (χ4n) is 5.58. The van der Waals surface area contributed by atoms with Crippen molar-refractivity contribution in [3.05, 3.63) is 107 Å². The molecule has 0 spiro atoms. The Labute approximate surface area is 214 Å². The van der Waals surface area contributed by atoms with Crippen molar-refractivity contribution in [1.29, 1.82) is 0 Å². The molecule has 0 N–H and O–H groups in total. The van der Waals surface area contributed by atoms with Crippen molar-refractivity contribution in [2.75, 3.05) is 0 Å². The molecule has 0 bridgehead atoms. The predicted octanol–water partition coefficient (Wildman–Crippen LogP) is 9.75. The lowest BCUT2D eigenvalue weighted by Gasteiger charge is -2.28. The van der Waals surface area contributed by atoms with Gasteiger partial charge in [0.1, 0.15) is 5.82 Å². The van der Waals surface area contributed by atoms with E-state index in [-0.39, 0.29) is 11.1 Å². The molecule has 0 aliphatic heterocycles. The highest BCUT2D eigenvalue weighted by Gasteiger charge is 2.22. The second kappa shape index (κ2) is 12.4. The van der Waals surface area contributed by atoms with Gasteiger partial charge in [0.05, 0.1) is 0 Å². The fraction of sp³-hybridized carbons (Fsp3) is 0.394. The van der Waals surface area contributed by atoms with Gasteiger partial charge in [0.15, 0.2) is 11.6 Å². The summed E-state index contributed by atoms with van der Waals surface area (Å²) in [6, 6.07) is 16.8. The molecule has 0 aromatic heterocycles. The third kappa shape index (κ3) is 6.30. The highest BCUT2D eigenvalue weighted by atomic mass is 19.2. The van der Waals surface area contributed by atoms with Crippen LogP contribution in [0, 0.1) is 23.4 Å². The Morgan fingerprint density at radius 1 is 0.778 bits per heavy atom. The number of benzene rings is 3. The average molecular weight is 491 g/mol. The molecule has 0 atom stereocenters. The zero-order valence-electron chi connectivity index (χ0n) is 21.3.